The molecule has 7 nitrogen and oxygen atoms in total. The van der Waals surface area contributed by atoms with Crippen LogP contribution in [0.5, 0.6) is 0 Å². The predicted octanol–water partition coefficient (Wildman–Crippen LogP) is 4.70. The number of aromatic nitrogens is 1. The molecule has 1 unspecified atom stereocenters. The highest BCUT2D eigenvalue weighted by Crippen LogP contribution is 2.44. The van der Waals surface area contributed by atoms with Crippen LogP contribution in [0, 0.1) is 19.7 Å². The lowest BCUT2D eigenvalue weighted by molar-refractivity contribution is -0.132. The lowest BCUT2D eigenvalue weighted by Crippen LogP contribution is -2.29. The summed E-state index contributed by atoms with van der Waals surface area (Å²) in [5, 5.41) is 11.2. The van der Waals surface area contributed by atoms with E-state index in [0.717, 1.165) is 21.8 Å². The van der Waals surface area contributed by atoms with Gasteiger partial charge in [-0.25, -0.2) is 14.2 Å². The number of ether oxygens (including phenoxy) is 1. The number of hydrogen-bond acceptors (Lipinski definition) is 7. The number of halogens is 1. The van der Waals surface area contributed by atoms with Gasteiger partial charge in [-0.3, -0.25) is 14.5 Å². The molecule has 2 aromatic carbocycles. The highest BCUT2D eigenvalue weighted by molar-refractivity contribution is 7.17. The van der Waals surface area contributed by atoms with Crippen molar-refractivity contribution < 1.29 is 28.6 Å². The predicted molar refractivity (Wildman–Crippen MR) is 125 cm³/mol. The summed E-state index contributed by atoms with van der Waals surface area (Å²) < 4.78 is 18.7. The van der Waals surface area contributed by atoms with Crippen molar-refractivity contribution in [2.24, 2.45) is 0 Å². The first-order chi connectivity index (χ1) is 16.2. The van der Waals surface area contributed by atoms with Crippen LogP contribution in [0.1, 0.15) is 45.0 Å². The van der Waals surface area contributed by atoms with E-state index in [2.05, 4.69) is 4.98 Å². The summed E-state index contributed by atoms with van der Waals surface area (Å²) in [5.41, 5.74) is 1.91. The van der Waals surface area contributed by atoms with Crippen LogP contribution in [0.2, 0.25) is 0 Å². The molecule has 174 valence electrons. The maximum absolute atomic E-state index is 13.7. The van der Waals surface area contributed by atoms with E-state index in [9.17, 15) is 23.9 Å². The third kappa shape index (κ3) is 4.10. The van der Waals surface area contributed by atoms with Gasteiger partial charge in [0.25, 0.3) is 5.78 Å². The van der Waals surface area contributed by atoms with E-state index in [4.69, 9.17) is 4.74 Å². The first-order valence-electron chi connectivity index (χ1n) is 10.5. The molecule has 0 spiro atoms. The number of amides is 1. The molecule has 0 saturated carbocycles. The Labute approximate surface area is 199 Å². The van der Waals surface area contributed by atoms with Crippen molar-refractivity contribution >= 4 is 39.9 Å². The van der Waals surface area contributed by atoms with Gasteiger partial charge < -0.3 is 9.84 Å². The molecule has 4 rings (SSSR count). The standard InChI is InChI=1S/C25H21FN2O5S/c1-4-33-24(32)22-14(3)27-25(34-22)28-19(15-9-11-17(26)12-10-15)18(21(30)23(28)31)20(29)16-7-5-13(2)6-8-16/h5-12,19,29H,4H2,1-3H3. The summed E-state index contributed by atoms with van der Waals surface area (Å²) in [7, 11) is 0. The molecule has 1 atom stereocenters. The average molecular weight is 481 g/mol. The summed E-state index contributed by atoms with van der Waals surface area (Å²) >= 11 is 0.913. The van der Waals surface area contributed by atoms with Gasteiger partial charge in [-0.1, -0.05) is 53.3 Å². The summed E-state index contributed by atoms with van der Waals surface area (Å²) in [6.07, 6.45) is 0. The maximum atomic E-state index is 13.7. The topological polar surface area (TPSA) is 96.8 Å². The molecule has 1 N–H and O–H groups in total. The fraction of sp³-hybridized carbons (Fsp3) is 0.200. The minimum Gasteiger partial charge on any atom is -0.507 e. The number of anilines is 1. The Kier molecular flexibility index (Phi) is 6.30. The molecular formula is C25H21FN2O5S. The number of hydrogen-bond donors (Lipinski definition) is 1. The Bertz CT molecular complexity index is 1310. The third-order valence-electron chi connectivity index (χ3n) is 5.41. The van der Waals surface area contributed by atoms with Gasteiger partial charge in [0, 0.05) is 5.56 Å². The van der Waals surface area contributed by atoms with Gasteiger partial charge in [-0.15, -0.1) is 0 Å². The number of aryl methyl sites for hydroxylation is 2. The SMILES string of the molecule is CCOC(=O)c1sc(N2C(=O)C(=O)C(=C(O)c3ccc(C)cc3)C2c2ccc(F)cc2)nc1C. The highest BCUT2D eigenvalue weighted by Gasteiger charge is 2.48. The van der Waals surface area contributed by atoms with Gasteiger partial charge in [0.05, 0.1) is 23.9 Å². The monoisotopic (exact) mass is 480 g/mol. The Balaban J connectivity index is 1.90. The van der Waals surface area contributed by atoms with E-state index in [0.29, 0.717) is 16.8 Å². The van der Waals surface area contributed by atoms with Crippen LogP contribution in [0.15, 0.2) is 54.1 Å². The summed E-state index contributed by atoms with van der Waals surface area (Å²) in [6, 6.07) is 11.1. The van der Waals surface area contributed by atoms with Gasteiger partial charge in [0.2, 0.25) is 0 Å². The van der Waals surface area contributed by atoms with Crippen LogP contribution in [-0.4, -0.2) is 34.4 Å². The average Bonchev–Trinajstić information content (AvgIpc) is 3.31. The van der Waals surface area contributed by atoms with E-state index in [1.807, 2.05) is 6.92 Å². The van der Waals surface area contributed by atoms with Gasteiger partial charge in [-0.2, -0.15) is 0 Å². The van der Waals surface area contributed by atoms with Crippen molar-refractivity contribution in [3.63, 3.8) is 0 Å². The first kappa shape index (κ1) is 23.3. The van der Waals surface area contributed by atoms with Crippen molar-refractivity contribution in [2.75, 3.05) is 11.5 Å². The molecule has 3 aromatic rings. The minimum absolute atomic E-state index is 0.0972. The van der Waals surface area contributed by atoms with Crippen LogP contribution in [-0.2, 0) is 14.3 Å². The van der Waals surface area contributed by atoms with Crippen molar-refractivity contribution in [2.45, 2.75) is 26.8 Å². The number of carbonyl (C=O) groups is 3. The molecule has 2 heterocycles. The Hall–Kier alpha value is -3.85. The van der Waals surface area contributed by atoms with E-state index in [1.54, 1.807) is 38.1 Å². The first-order valence-corrected chi connectivity index (χ1v) is 11.3. The molecule has 0 radical (unpaired) electrons. The number of aliphatic hydroxyl groups is 1. The molecule has 1 aliphatic rings. The highest BCUT2D eigenvalue weighted by atomic mass is 32.1. The van der Waals surface area contributed by atoms with E-state index in [1.165, 1.54) is 24.3 Å². The van der Waals surface area contributed by atoms with E-state index in [-0.39, 0.29) is 27.9 Å². The number of benzene rings is 2. The van der Waals surface area contributed by atoms with Crippen LogP contribution in [0.4, 0.5) is 9.52 Å². The molecular weight excluding hydrogens is 459 g/mol. The Morgan fingerprint density at radius 2 is 1.76 bits per heavy atom. The molecule has 9 heteroatoms. The van der Waals surface area contributed by atoms with Crippen molar-refractivity contribution in [1.82, 2.24) is 4.98 Å². The molecule has 0 aliphatic carbocycles. The zero-order valence-corrected chi connectivity index (χ0v) is 19.5. The minimum atomic E-state index is -1.07. The van der Waals surface area contributed by atoms with E-state index >= 15 is 0 Å². The lowest BCUT2D eigenvalue weighted by atomic mass is 9.95. The number of nitrogens with zero attached hydrogens (tertiary/aromatic N) is 2. The van der Waals surface area contributed by atoms with Crippen molar-refractivity contribution in [3.8, 4) is 0 Å². The number of rotatable bonds is 5. The second kappa shape index (κ2) is 9.18. The van der Waals surface area contributed by atoms with Gasteiger partial charge >= 0.3 is 11.9 Å². The number of esters is 1. The number of aliphatic hydroxyl groups excluding tert-OH is 1. The molecule has 1 saturated heterocycles. The number of carbonyl (C=O) groups excluding carboxylic acids is 3. The zero-order valence-electron chi connectivity index (χ0n) is 18.7. The van der Waals surface area contributed by atoms with Crippen LogP contribution >= 0.6 is 11.3 Å². The lowest BCUT2D eigenvalue weighted by Gasteiger charge is -2.23. The van der Waals surface area contributed by atoms with Crippen LogP contribution in [0.3, 0.4) is 0 Å². The number of ketones is 1. The maximum Gasteiger partial charge on any atom is 0.350 e. The second-order valence-electron chi connectivity index (χ2n) is 7.72. The fourth-order valence-corrected chi connectivity index (χ4v) is 4.72. The Morgan fingerprint density at radius 1 is 1.12 bits per heavy atom. The molecule has 1 amide bonds. The smallest absolute Gasteiger partial charge is 0.350 e. The molecule has 0 bridgehead atoms. The van der Waals surface area contributed by atoms with Crippen LogP contribution < -0.4 is 4.90 Å². The number of thiazole rings is 1. The summed E-state index contributed by atoms with van der Waals surface area (Å²) in [4.78, 5) is 44.3. The largest absolute Gasteiger partial charge is 0.507 e. The molecule has 1 aromatic heterocycles. The van der Waals surface area contributed by atoms with Crippen LogP contribution in [0.25, 0.3) is 5.76 Å². The van der Waals surface area contributed by atoms with E-state index < -0.39 is 29.5 Å². The number of Topliss-reactive ketones (excluding diaryl/α,β-unsaturated/α-hetero) is 1. The van der Waals surface area contributed by atoms with Crippen molar-refractivity contribution in [3.05, 3.63) is 87.2 Å². The van der Waals surface area contributed by atoms with Crippen molar-refractivity contribution in [1.29, 1.82) is 0 Å². The van der Waals surface area contributed by atoms with Gasteiger partial charge in [-0.05, 0) is 38.5 Å². The second-order valence-corrected chi connectivity index (χ2v) is 8.70. The normalized spacial score (nSPS) is 17.3. The van der Waals surface area contributed by atoms with Gasteiger partial charge in [0.1, 0.15) is 16.5 Å². The quantitative estimate of drug-likeness (QED) is 0.246. The third-order valence-corrected chi connectivity index (χ3v) is 6.54. The molecule has 1 fully saturated rings. The summed E-state index contributed by atoms with van der Waals surface area (Å²) in [6.45, 7) is 5.32. The Morgan fingerprint density at radius 3 is 2.38 bits per heavy atom. The van der Waals surface area contributed by atoms with Gasteiger partial charge in [0.15, 0.2) is 5.13 Å². The molecule has 34 heavy (non-hydrogen) atoms. The molecule has 1 aliphatic heterocycles. The summed E-state index contributed by atoms with van der Waals surface area (Å²) in [5.74, 6) is -3.24. The fourth-order valence-electron chi connectivity index (χ4n) is 3.73. The zero-order chi connectivity index (χ0) is 24.6.